The van der Waals surface area contributed by atoms with Crippen molar-refractivity contribution in [3.63, 3.8) is 0 Å². The number of nitrogens with two attached hydrogens (primary N) is 1. The van der Waals surface area contributed by atoms with E-state index in [2.05, 4.69) is 11.1 Å². The van der Waals surface area contributed by atoms with Crippen molar-refractivity contribution in [2.24, 2.45) is 5.41 Å². The third-order valence-corrected chi connectivity index (χ3v) is 4.40. The van der Waals surface area contributed by atoms with E-state index in [0.717, 1.165) is 0 Å². The Labute approximate surface area is 117 Å². The zero-order chi connectivity index (χ0) is 15.0. The van der Waals surface area contributed by atoms with Crippen molar-refractivity contribution >= 4 is 26.6 Å². The monoisotopic (exact) mass is 293 g/mol. The van der Waals surface area contributed by atoms with Crippen LogP contribution in [0.1, 0.15) is 20.3 Å². The molecular weight excluding hydrogens is 278 g/mol. The molecule has 1 heterocycles. The lowest BCUT2D eigenvalue weighted by atomic mass is 9.93. The number of hydrogen-bond acceptors (Lipinski definition) is 6. The van der Waals surface area contributed by atoms with E-state index < -0.39 is 15.3 Å². The first-order valence-corrected chi connectivity index (χ1v) is 7.69. The number of fused-ring (bicyclic) bond motifs is 1. The van der Waals surface area contributed by atoms with E-state index >= 15 is 0 Å². The number of rotatable bonds is 4. The van der Waals surface area contributed by atoms with Crippen LogP contribution in [0.25, 0.3) is 11.1 Å². The zero-order valence-electron chi connectivity index (χ0n) is 11.3. The molecule has 1 aromatic heterocycles. The number of sulfone groups is 1. The molecule has 0 bridgehead atoms. The van der Waals surface area contributed by atoms with Gasteiger partial charge >= 0.3 is 5.22 Å². The molecule has 20 heavy (non-hydrogen) atoms. The second-order valence-corrected chi connectivity index (χ2v) is 7.26. The first-order valence-electron chi connectivity index (χ1n) is 6.04. The minimum absolute atomic E-state index is 0.185. The average Bonchev–Trinajstić information content (AvgIpc) is 2.80. The van der Waals surface area contributed by atoms with Crippen LogP contribution in [0.5, 0.6) is 0 Å². The van der Waals surface area contributed by atoms with Gasteiger partial charge in [-0.2, -0.15) is 10.2 Å². The molecule has 0 spiro atoms. The Kier molecular flexibility index (Phi) is 3.44. The summed E-state index contributed by atoms with van der Waals surface area (Å²) in [7, 11) is -3.65. The van der Waals surface area contributed by atoms with E-state index in [9.17, 15) is 8.42 Å². The molecule has 0 saturated heterocycles. The number of benzene rings is 1. The van der Waals surface area contributed by atoms with Gasteiger partial charge in [-0.15, -0.1) is 0 Å². The highest BCUT2D eigenvalue weighted by molar-refractivity contribution is 7.91. The molecule has 0 radical (unpaired) electrons. The molecule has 2 aromatic rings. The molecule has 6 nitrogen and oxygen atoms in total. The van der Waals surface area contributed by atoms with Crippen molar-refractivity contribution in [2.75, 3.05) is 11.5 Å². The maximum atomic E-state index is 12.2. The van der Waals surface area contributed by atoms with Crippen molar-refractivity contribution in [3.8, 4) is 6.07 Å². The number of nitrogens with zero attached hydrogens (tertiary/aromatic N) is 2. The molecule has 0 amide bonds. The minimum Gasteiger partial charge on any atom is -0.428 e. The zero-order valence-corrected chi connectivity index (χ0v) is 12.1. The van der Waals surface area contributed by atoms with Gasteiger partial charge in [-0.1, -0.05) is 0 Å². The number of nitriles is 1. The topological polar surface area (TPSA) is 110 Å². The van der Waals surface area contributed by atoms with Crippen molar-refractivity contribution in [1.29, 1.82) is 5.26 Å². The molecule has 2 N–H and O–H groups in total. The largest absolute Gasteiger partial charge is 0.428 e. The fraction of sp³-hybridized carbons (Fsp3) is 0.385. The summed E-state index contributed by atoms with van der Waals surface area (Å²) in [6.07, 6.45) is 0.215. The highest BCUT2D eigenvalue weighted by Gasteiger charge is 2.26. The lowest BCUT2D eigenvalue weighted by Crippen LogP contribution is -2.16. The van der Waals surface area contributed by atoms with Gasteiger partial charge in [-0.3, -0.25) is 0 Å². The number of aromatic nitrogens is 1. The second-order valence-electron chi connectivity index (χ2n) is 5.27. The first-order chi connectivity index (χ1) is 9.23. The molecule has 0 aliphatic heterocycles. The number of oxazole rings is 1. The van der Waals surface area contributed by atoms with Crippen molar-refractivity contribution in [3.05, 3.63) is 18.2 Å². The molecule has 2 rings (SSSR count). The van der Waals surface area contributed by atoms with Crippen molar-refractivity contribution in [2.45, 2.75) is 25.5 Å². The maximum Gasteiger partial charge on any atom is 0.316 e. The summed E-state index contributed by atoms with van der Waals surface area (Å²) in [5.41, 5.74) is 6.17. The van der Waals surface area contributed by atoms with E-state index in [1.165, 1.54) is 0 Å². The molecule has 7 heteroatoms. The summed E-state index contributed by atoms with van der Waals surface area (Å²) in [6.45, 7) is 3.38. The summed E-state index contributed by atoms with van der Waals surface area (Å²) in [4.78, 5) is 3.95. The predicted octanol–water partition coefficient (Wildman–Crippen LogP) is 2.12. The molecular formula is C13H15N3O3S. The average molecular weight is 293 g/mol. The van der Waals surface area contributed by atoms with Gasteiger partial charge in [-0.05, 0) is 38.5 Å². The molecule has 0 fully saturated rings. The van der Waals surface area contributed by atoms with Gasteiger partial charge in [0, 0.05) is 5.69 Å². The van der Waals surface area contributed by atoms with Crippen LogP contribution in [0.15, 0.2) is 27.8 Å². The fourth-order valence-corrected chi connectivity index (χ4v) is 3.00. The molecule has 1 aromatic carbocycles. The lowest BCUT2D eigenvalue weighted by molar-refractivity contribution is 0.443. The van der Waals surface area contributed by atoms with Crippen LogP contribution < -0.4 is 5.73 Å². The quantitative estimate of drug-likeness (QED) is 0.864. The SMILES string of the molecule is CC(C)(C#N)CCS(=O)(=O)c1nc2cc(N)ccc2o1. The molecule has 106 valence electrons. The van der Waals surface area contributed by atoms with Gasteiger partial charge in [0.1, 0.15) is 5.52 Å². The second kappa shape index (κ2) is 4.80. The summed E-state index contributed by atoms with van der Waals surface area (Å²) in [6, 6.07) is 6.81. The van der Waals surface area contributed by atoms with E-state index in [0.29, 0.717) is 16.8 Å². The summed E-state index contributed by atoms with van der Waals surface area (Å²) >= 11 is 0. The smallest absolute Gasteiger partial charge is 0.316 e. The maximum absolute atomic E-state index is 12.2. The van der Waals surface area contributed by atoms with Gasteiger partial charge in [0.15, 0.2) is 5.58 Å². The van der Waals surface area contributed by atoms with Crippen LogP contribution in [0.4, 0.5) is 5.69 Å². The Morgan fingerprint density at radius 1 is 1.45 bits per heavy atom. The molecule has 0 aliphatic rings. The van der Waals surface area contributed by atoms with E-state index in [-0.39, 0.29) is 17.4 Å². The third-order valence-electron chi connectivity index (χ3n) is 2.96. The Bertz CT molecular complexity index is 785. The highest BCUT2D eigenvalue weighted by atomic mass is 32.2. The molecule has 0 aliphatic carbocycles. The van der Waals surface area contributed by atoms with Crippen LogP contribution in [-0.4, -0.2) is 19.2 Å². The molecule has 0 atom stereocenters. The molecule has 0 saturated carbocycles. The fourth-order valence-electron chi connectivity index (χ4n) is 1.59. The Morgan fingerprint density at radius 2 is 2.15 bits per heavy atom. The van der Waals surface area contributed by atoms with Gasteiger partial charge < -0.3 is 10.2 Å². The van der Waals surface area contributed by atoms with Gasteiger partial charge in [0.25, 0.3) is 0 Å². The van der Waals surface area contributed by atoms with Gasteiger partial charge in [-0.25, -0.2) is 8.42 Å². The summed E-state index contributed by atoms with van der Waals surface area (Å²) < 4.78 is 29.6. The van der Waals surface area contributed by atoms with E-state index in [1.807, 2.05) is 0 Å². The van der Waals surface area contributed by atoms with Gasteiger partial charge in [0.05, 0.1) is 17.2 Å². The number of anilines is 1. The number of nitrogen functional groups attached to an aromatic ring is 1. The van der Waals surface area contributed by atoms with E-state index in [4.69, 9.17) is 15.4 Å². The summed E-state index contributed by atoms with van der Waals surface area (Å²) in [5, 5.41) is 8.58. The van der Waals surface area contributed by atoms with E-state index in [1.54, 1.807) is 32.0 Å². The minimum atomic E-state index is -3.65. The van der Waals surface area contributed by atoms with Crippen molar-refractivity contribution < 1.29 is 12.8 Å². The predicted molar refractivity (Wildman–Crippen MR) is 74.5 cm³/mol. The van der Waals surface area contributed by atoms with Gasteiger partial charge in [0.2, 0.25) is 9.84 Å². The van der Waals surface area contributed by atoms with Crippen LogP contribution in [0, 0.1) is 16.7 Å². The molecule has 0 unspecified atom stereocenters. The van der Waals surface area contributed by atoms with Crippen LogP contribution in [0.2, 0.25) is 0 Å². The Balaban J connectivity index is 2.30. The highest BCUT2D eigenvalue weighted by Crippen LogP contribution is 2.25. The lowest BCUT2D eigenvalue weighted by Gasteiger charge is -2.13. The normalized spacial score (nSPS) is 12.4. The number of hydrogen-bond donors (Lipinski definition) is 1. The first kappa shape index (κ1) is 14.3. The van der Waals surface area contributed by atoms with Crippen LogP contribution in [-0.2, 0) is 9.84 Å². The Hall–Kier alpha value is -2.07. The third kappa shape index (κ3) is 2.91. The standard InChI is InChI=1S/C13H15N3O3S/c1-13(2,8-14)5-6-20(17,18)12-16-10-7-9(15)3-4-11(10)19-12/h3-4,7H,5-6,15H2,1-2H3. The Morgan fingerprint density at radius 3 is 2.80 bits per heavy atom. The van der Waals surface area contributed by atoms with Crippen LogP contribution in [0.3, 0.4) is 0 Å². The summed E-state index contributed by atoms with van der Waals surface area (Å²) in [5.74, 6) is -0.185. The van der Waals surface area contributed by atoms with Crippen LogP contribution >= 0.6 is 0 Å². The van der Waals surface area contributed by atoms with Crippen molar-refractivity contribution in [1.82, 2.24) is 4.98 Å².